The van der Waals surface area contributed by atoms with Crippen molar-refractivity contribution in [2.24, 2.45) is 0 Å². The van der Waals surface area contributed by atoms with Gasteiger partial charge < -0.3 is 9.80 Å². The van der Waals surface area contributed by atoms with Crippen molar-refractivity contribution >= 4 is 16.9 Å². The number of benzene rings is 2. The lowest BCUT2D eigenvalue weighted by Crippen LogP contribution is -2.21. The highest BCUT2D eigenvalue weighted by Gasteiger charge is 2.05. The molecule has 0 fully saturated rings. The summed E-state index contributed by atoms with van der Waals surface area (Å²) < 4.78 is 0. The van der Waals surface area contributed by atoms with Crippen LogP contribution in [0.1, 0.15) is 25.0 Å². The first-order chi connectivity index (χ1) is 10.6. The van der Waals surface area contributed by atoms with Gasteiger partial charge >= 0.3 is 0 Å². The SMILES string of the molecule is C=C(c1ccc(N(C)C)cc1)c1ccc(N(CC)CC)cc1. The fourth-order valence-electron chi connectivity index (χ4n) is 2.59. The molecular weight excluding hydrogens is 268 g/mol. The van der Waals surface area contributed by atoms with Crippen LogP contribution < -0.4 is 9.80 Å². The number of rotatable bonds is 6. The molecule has 0 saturated carbocycles. The summed E-state index contributed by atoms with van der Waals surface area (Å²) in [6.45, 7) is 10.7. The summed E-state index contributed by atoms with van der Waals surface area (Å²) >= 11 is 0. The van der Waals surface area contributed by atoms with Crippen LogP contribution in [0.5, 0.6) is 0 Å². The number of nitrogens with zero attached hydrogens (tertiary/aromatic N) is 2. The molecule has 22 heavy (non-hydrogen) atoms. The fraction of sp³-hybridized carbons (Fsp3) is 0.300. The molecule has 0 radical (unpaired) electrons. The van der Waals surface area contributed by atoms with Gasteiger partial charge in [0.05, 0.1) is 0 Å². The van der Waals surface area contributed by atoms with Crippen LogP contribution in [-0.2, 0) is 0 Å². The quantitative estimate of drug-likeness (QED) is 0.764. The Morgan fingerprint density at radius 3 is 1.55 bits per heavy atom. The molecule has 0 aliphatic carbocycles. The lowest BCUT2D eigenvalue weighted by molar-refractivity contribution is 0.866. The molecule has 0 aliphatic rings. The number of hydrogen-bond acceptors (Lipinski definition) is 2. The van der Waals surface area contributed by atoms with E-state index in [-0.39, 0.29) is 0 Å². The van der Waals surface area contributed by atoms with Crippen LogP contribution in [0, 0.1) is 0 Å². The van der Waals surface area contributed by atoms with Crippen LogP contribution >= 0.6 is 0 Å². The molecule has 2 aromatic rings. The van der Waals surface area contributed by atoms with E-state index >= 15 is 0 Å². The smallest absolute Gasteiger partial charge is 0.0366 e. The Morgan fingerprint density at radius 1 is 0.773 bits per heavy atom. The third kappa shape index (κ3) is 3.51. The van der Waals surface area contributed by atoms with E-state index in [0.717, 1.165) is 18.7 Å². The second-order valence-corrected chi connectivity index (χ2v) is 5.64. The van der Waals surface area contributed by atoms with Crippen LogP contribution in [0.25, 0.3) is 5.57 Å². The minimum atomic E-state index is 1.03. The summed E-state index contributed by atoms with van der Waals surface area (Å²) in [5.74, 6) is 0. The molecule has 2 nitrogen and oxygen atoms in total. The lowest BCUT2D eigenvalue weighted by atomic mass is 9.99. The maximum atomic E-state index is 4.26. The summed E-state index contributed by atoms with van der Waals surface area (Å²) in [5, 5.41) is 0. The van der Waals surface area contributed by atoms with Gasteiger partial charge in [0, 0.05) is 38.6 Å². The maximum absolute atomic E-state index is 4.26. The molecule has 0 N–H and O–H groups in total. The van der Waals surface area contributed by atoms with Crippen LogP contribution in [-0.4, -0.2) is 27.2 Å². The zero-order chi connectivity index (χ0) is 16.1. The van der Waals surface area contributed by atoms with E-state index in [1.54, 1.807) is 0 Å². The van der Waals surface area contributed by atoms with Gasteiger partial charge in [0.1, 0.15) is 0 Å². The number of hydrogen-bond donors (Lipinski definition) is 0. The first-order valence-electron chi connectivity index (χ1n) is 7.88. The largest absolute Gasteiger partial charge is 0.378 e. The van der Waals surface area contributed by atoms with E-state index < -0.39 is 0 Å². The van der Waals surface area contributed by atoms with E-state index in [1.165, 1.54) is 22.5 Å². The van der Waals surface area contributed by atoms with Crippen molar-refractivity contribution in [3.05, 3.63) is 66.2 Å². The Hall–Kier alpha value is -2.22. The van der Waals surface area contributed by atoms with Gasteiger partial charge in [-0.05, 0) is 54.8 Å². The van der Waals surface area contributed by atoms with Crippen LogP contribution in [0.4, 0.5) is 11.4 Å². The molecule has 0 unspecified atom stereocenters. The molecule has 0 saturated heterocycles. The van der Waals surface area contributed by atoms with Gasteiger partial charge in [-0.3, -0.25) is 0 Å². The predicted molar refractivity (Wildman–Crippen MR) is 98.9 cm³/mol. The standard InChI is InChI=1S/C20H26N2/c1-6-22(7-2)20-14-10-18(11-15-20)16(3)17-8-12-19(13-9-17)21(4)5/h8-15H,3,6-7H2,1-2,4-5H3. The van der Waals surface area contributed by atoms with Gasteiger partial charge in [0.2, 0.25) is 0 Å². The van der Waals surface area contributed by atoms with Crippen LogP contribution in [0.2, 0.25) is 0 Å². The maximum Gasteiger partial charge on any atom is 0.0366 e. The van der Waals surface area contributed by atoms with Gasteiger partial charge in [-0.15, -0.1) is 0 Å². The van der Waals surface area contributed by atoms with Crippen LogP contribution in [0.3, 0.4) is 0 Å². The van der Waals surface area contributed by atoms with Crippen molar-refractivity contribution in [3.63, 3.8) is 0 Å². The van der Waals surface area contributed by atoms with Crippen molar-refractivity contribution in [3.8, 4) is 0 Å². The second kappa shape index (κ2) is 7.17. The van der Waals surface area contributed by atoms with Gasteiger partial charge in [-0.2, -0.15) is 0 Å². The molecule has 0 aliphatic heterocycles. The summed E-state index contributed by atoms with van der Waals surface area (Å²) in [5.41, 5.74) is 5.88. The molecule has 116 valence electrons. The van der Waals surface area contributed by atoms with Crippen molar-refractivity contribution < 1.29 is 0 Å². The van der Waals surface area contributed by atoms with Crippen molar-refractivity contribution in [1.82, 2.24) is 0 Å². The van der Waals surface area contributed by atoms with Crippen molar-refractivity contribution in [2.75, 3.05) is 37.0 Å². The van der Waals surface area contributed by atoms with E-state index in [4.69, 9.17) is 0 Å². The van der Waals surface area contributed by atoms with Gasteiger partial charge in [-0.1, -0.05) is 30.8 Å². The molecule has 0 amide bonds. The summed E-state index contributed by atoms with van der Waals surface area (Å²) in [7, 11) is 4.10. The molecular formula is C20H26N2. The molecule has 2 aromatic carbocycles. The molecule has 0 atom stereocenters. The Bertz CT molecular complexity index is 605. The molecule has 0 spiro atoms. The van der Waals surface area contributed by atoms with Crippen molar-refractivity contribution in [1.29, 1.82) is 0 Å². The van der Waals surface area contributed by atoms with Gasteiger partial charge in [-0.25, -0.2) is 0 Å². The Labute approximate surface area is 134 Å². The third-order valence-electron chi connectivity index (χ3n) is 4.08. The van der Waals surface area contributed by atoms with Crippen molar-refractivity contribution in [2.45, 2.75) is 13.8 Å². The molecule has 2 heteroatoms. The lowest BCUT2D eigenvalue weighted by Gasteiger charge is -2.21. The summed E-state index contributed by atoms with van der Waals surface area (Å²) in [6.07, 6.45) is 0. The fourth-order valence-corrected chi connectivity index (χ4v) is 2.59. The molecule has 0 bridgehead atoms. The summed E-state index contributed by atoms with van der Waals surface area (Å²) in [4.78, 5) is 4.45. The average molecular weight is 294 g/mol. The first-order valence-corrected chi connectivity index (χ1v) is 7.88. The predicted octanol–water partition coefficient (Wildman–Crippen LogP) is 4.66. The minimum absolute atomic E-state index is 1.03. The Balaban J connectivity index is 2.19. The van der Waals surface area contributed by atoms with E-state index in [9.17, 15) is 0 Å². The van der Waals surface area contributed by atoms with Crippen LogP contribution in [0.15, 0.2) is 55.1 Å². The van der Waals surface area contributed by atoms with Gasteiger partial charge in [0.25, 0.3) is 0 Å². The number of anilines is 2. The Morgan fingerprint density at radius 2 is 1.18 bits per heavy atom. The monoisotopic (exact) mass is 294 g/mol. The van der Waals surface area contributed by atoms with E-state index in [0.29, 0.717) is 0 Å². The normalized spacial score (nSPS) is 10.4. The third-order valence-corrected chi connectivity index (χ3v) is 4.08. The molecule has 0 aromatic heterocycles. The van der Waals surface area contributed by atoms with Gasteiger partial charge in [0.15, 0.2) is 0 Å². The average Bonchev–Trinajstić information content (AvgIpc) is 2.56. The first kappa shape index (κ1) is 16.2. The molecule has 0 heterocycles. The topological polar surface area (TPSA) is 6.48 Å². The second-order valence-electron chi connectivity index (χ2n) is 5.64. The summed E-state index contributed by atoms with van der Waals surface area (Å²) in [6, 6.07) is 17.2. The highest BCUT2D eigenvalue weighted by molar-refractivity contribution is 5.79. The zero-order valence-electron chi connectivity index (χ0n) is 14.1. The highest BCUT2D eigenvalue weighted by Crippen LogP contribution is 2.25. The zero-order valence-corrected chi connectivity index (χ0v) is 14.1. The Kier molecular flexibility index (Phi) is 5.26. The van der Waals surface area contributed by atoms with E-state index in [1.807, 2.05) is 0 Å². The highest BCUT2D eigenvalue weighted by atomic mass is 15.1. The van der Waals surface area contributed by atoms with E-state index in [2.05, 4.69) is 92.9 Å². The molecule has 2 rings (SSSR count). The minimum Gasteiger partial charge on any atom is -0.378 e.